The van der Waals surface area contributed by atoms with Gasteiger partial charge in [0.15, 0.2) is 6.10 Å². The number of aliphatic carboxylic acids is 1. The Labute approximate surface area is 315 Å². The van der Waals surface area contributed by atoms with Gasteiger partial charge in [0.2, 0.25) is 6.10 Å². The molecular formula is C40H43BrFN3O8. The molecule has 2 heterocycles. The van der Waals surface area contributed by atoms with E-state index in [-0.39, 0.29) is 43.4 Å². The number of hydrogen-bond donors (Lipinski definition) is 3. The van der Waals surface area contributed by atoms with Crippen molar-refractivity contribution < 1.29 is 43.3 Å². The largest absolute Gasteiger partial charge is 0.492 e. The average molecular weight is 793 g/mol. The second-order valence-corrected chi connectivity index (χ2v) is 14.7. The molecule has 0 spiro atoms. The first-order chi connectivity index (χ1) is 25.5. The Morgan fingerprint density at radius 2 is 1.74 bits per heavy atom. The Bertz CT molecular complexity index is 1850. The summed E-state index contributed by atoms with van der Waals surface area (Å²) in [6.45, 7) is 3.08. The number of piperazine rings is 1. The van der Waals surface area contributed by atoms with Crippen LogP contribution in [0.1, 0.15) is 47.9 Å². The van der Waals surface area contributed by atoms with Crippen molar-refractivity contribution in [3.05, 3.63) is 105 Å². The zero-order valence-corrected chi connectivity index (χ0v) is 31.0. The van der Waals surface area contributed by atoms with Crippen molar-refractivity contribution in [1.29, 1.82) is 0 Å². The number of fused-ring (bicyclic) bond motifs is 2. The number of carboxylic acid groups (broad SMARTS) is 1. The van der Waals surface area contributed by atoms with Crippen molar-refractivity contribution >= 4 is 45.8 Å². The number of aliphatic hydroxyl groups is 1. The number of ether oxygens (including phenoxy) is 2. The predicted molar refractivity (Wildman–Crippen MR) is 197 cm³/mol. The number of carbonyl (C=O) groups excluding carboxylic acids is 3. The molecule has 2 aliphatic heterocycles. The smallest absolute Gasteiger partial charge is 0.337 e. The first-order valence-electron chi connectivity index (χ1n) is 17.8. The van der Waals surface area contributed by atoms with Crippen LogP contribution in [-0.4, -0.2) is 101 Å². The molecule has 2 fully saturated rings. The van der Waals surface area contributed by atoms with Gasteiger partial charge >= 0.3 is 5.97 Å². The number of amides is 2. The number of nitrogens with one attached hydrogen (secondary N) is 1. The number of carboxylic acids is 1. The van der Waals surface area contributed by atoms with Gasteiger partial charge in [0.05, 0.1) is 17.1 Å². The summed E-state index contributed by atoms with van der Waals surface area (Å²) < 4.78 is 24.9. The van der Waals surface area contributed by atoms with E-state index >= 15 is 0 Å². The monoisotopic (exact) mass is 791 g/mol. The lowest BCUT2D eigenvalue weighted by atomic mass is 9.82. The summed E-state index contributed by atoms with van der Waals surface area (Å²) in [7, 11) is 0. The predicted octanol–water partition coefficient (Wildman–Crippen LogP) is 4.46. The van der Waals surface area contributed by atoms with Crippen LogP contribution in [0, 0.1) is 12.7 Å². The van der Waals surface area contributed by atoms with Crippen LogP contribution in [0.3, 0.4) is 0 Å². The molecule has 6 rings (SSSR count). The van der Waals surface area contributed by atoms with Crippen LogP contribution in [0.25, 0.3) is 5.57 Å². The van der Waals surface area contributed by atoms with Crippen LogP contribution in [0.5, 0.6) is 5.75 Å². The fourth-order valence-electron chi connectivity index (χ4n) is 7.10. The summed E-state index contributed by atoms with van der Waals surface area (Å²) in [6, 6.07) is 19.9. The Morgan fingerprint density at radius 3 is 2.42 bits per heavy atom. The van der Waals surface area contributed by atoms with Crippen LogP contribution >= 0.6 is 15.9 Å². The highest BCUT2D eigenvalue weighted by Gasteiger charge is 2.45. The quantitative estimate of drug-likeness (QED) is 0.142. The van der Waals surface area contributed by atoms with Gasteiger partial charge in [-0.15, -0.1) is 0 Å². The number of rotatable bonds is 16. The molecule has 1 aliphatic carbocycles. The third kappa shape index (κ3) is 9.32. The Hall–Kier alpha value is -4.59. The molecule has 4 atom stereocenters. The molecule has 13 heteroatoms. The molecule has 3 N–H and O–H groups in total. The number of hydrogen-bond acceptors (Lipinski definition) is 8. The number of nitrogens with zero attached hydrogens (tertiary/aromatic N) is 2. The van der Waals surface area contributed by atoms with Crippen molar-refractivity contribution in [2.45, 2.75) is 75.8 Å². The summed E-state index contributed by atoms with van der Waals surface area (Å²) in [5.74, 6) is -2.56. The van der Waals surface area contributed by atoms with E-state index < -0.39 is 30.1 Å². The minimum absolute atomic E-state index is 0.0148. The van der Waals surface area contributed by atoms with Gasteiger partial charge in [-0.2, -0.15) is 0 Å². The topological polar surface area (TPSA) is 146 Å². The van der Waals surface area contributed by atoms with Gasteiger partial charge in [0, 0.05) is 43.4 Å². The second kappa shape index (κ2) is 17.0. The molecule has 1 saturated heterocycles. The van der Waals surface area contributed by atoms with Crippen molar-refractivity contribution in [3.63, 3.8) is 0 Å². The van der Waals surface area contributed by atoms with Crippen molar-refractivity contribution in [2.24, 2.45) is 0 Å². The molecular weight excluding hydrogens is 749 g/mol. The van der Waals surface area contributed by atoms with E-state index in [4.69, 9.17) is 9.47 Å². The van der Waals surface area contributed by atoms with E-state index in [0.29, 0.717) is 48.2 Å². The zero-order valence-electron chi connectivity index (χ0n) is 29.4. The number of aliphatic hydroxyl groups excluding tert-OH is 1. The average Bonchev–Trinajstić information content (AvgIpc) is 3.99. The maximum Gasteiger partial charge on any atom is 0.337 e. The fraction of sp³-hybridized carbons (Fsp3) is 0.400. The molecule has 0 radical (unpaired) electrons. The lowest BCUT2D eigenvalue weighted by Gasteiger charge is -2.45. The zero-order chi connectivity index (χ0) is 37.6. The molecule has 11 nitrogen and oxygen atoms in total. The fourth-order valence-corrected chi connectivity index (χ4v) is 7.46. The lowest BCUT2D eigenvalue weighted by Crippen LogP contribution is -2.64. The van der Waals surface area contributed by atoms with Crippen LogP contribution in [0.15, 0.2) is 76.8 Å². The van der Waals surface area contributed by atoms with Gasteiger partial charge in [-0.1, -0.05) is 54.1 Å². The number of aryl methyl sites for hydroxylation is 2. The molecule has 0 aromatic heterocycles. The molecule has 3 aliphatic rings. The number of benzene rings is 3. The molecule has 1 saturated carbocycles. The van der Waals surface area contributed by atoms with Gasteiger partial charge in [-0.25, -0.2) is 9.18 Å². The summed E-state index contributed by atoms with van der Waals surface area (Å²) in [4.78, 5) is 54.3. The van der Waals surface area contributed by atoms with Crippen molar-refractivity contribution in [2.75, 3.05) is 26.2 Å². The number of halogens is 2. The highest BCUT2D eigenvalue weighted by Crippen LogP contribution is 2.37. The normalized spacial score (nSPS) is 19.3. The van der Waals surface area contributed by atoms with Crippen LogP contribution < -0.4 is 10.1 Å². The van der Waals surface area contributed by atoms with Crippen LogP contribution in [0.2, 0.25) is 0 Å². The molecule has 53 heavy (non-hydrogen) atoms. The maximum atomic E-state index is 14.7. The summed E-state index contributed by atoms with van der Waals surface area (Å²) in [6.07, 6.45) is 0.168. The SMILES string of the molecule is Cc1ccc(CCN(C(=O)C2=C(c3ccc(CCCOc4cc(F)ccc4Br)cc3)C[C@@H]3CN(C(=O)[C@@H](OC=O)[C@H](O)C(=O)O)C[C@H]2N3)C2CC2)cc1. The van der Waals surface area contributed by atoms with E-state index in [9.17, 15) is 33.8 Å². The molecule has 3 aromatic carbocycles. The standard InChI is InChI=1S/C40H43BrFN3O8/c1-24-4-6-26(7-5-24)16-17-45(30-13-14-30)38(48)35-31(20-29-21-44(22-33(35)43-29)39(49)37(53-23-46)36(47)40(50)51)27-10-8-25(9-11-27)3-2-18-52-34-19-28(42)12-15-32(34)41/h4-12,15,19,23,29-30,33,36-37,43,47H,2-3,13-14,16-18,20-22H2,1H3,(H,50,51)/t29-,33-,36+,37+/m1/s1. The third-order valence-electron chi connectivity index (χ3n) is 10.0. The summed E-state index contributed by atoms with van der Waals surface area (Å²) in [5, 5.41) is 23.1. The molecule has 2 amide bonds. The van der Waals surface area contributed by atoms with E-state index in [0.717, 1.165) is 47.1 Å². The minimum atomic E-state index is -2.24. The Morgan fingerprint density at radius 1 is 1.04 bits per heavy atom. The second-order valence-electron chi connectivity index (χ2n) is 13.9. The maximum absolute atomic E-state index is 14.7. The van der Waals surface area contributed by atoms with Gasteiger partial charge in [0.25, 0.3) is 18.3 Å². The van der Waals surface area contributed by atoms with Crippen molar-refractivity contribution in [3.8, 4) is 5.75 Å². The van der Waals surface area contributed by atoms with Crippen LogP contribution in [0.4, 0.5) is 4.39 Å². The Kier molecular flexibility index (Phi) is 12.3. The number of carbonyl (C=O) groups is 4. The van der Waals surface area contributed by atoms with Crippen molar-refractivity contribution in [1.82, 2.24) is 15.1 Å². The van der Waals surface area contributed by atoms with E-state index in [1.165, 1.54) is 17.0 Å². The lowest BCUT2D eigenvalue weighted by molar-refractivity contribution is -0.170. The third-order valence-corrected chi connectivity index (χ3v) is 10.7. The van der Waals surface area contributed by atoms with Crippen LogP contribution in [-0.2, 0) is 36.8 Å². The van der Waals surface area contributed by atoms with E-state index in [1.54, 1.807) is 6.07 Å². The van der Waals surface area contributed by atoms with Gasteiger partial charge < -0.3 is 34.8 Å². The van der Waals surface area contributed by atoms with Gasteiger partial charge in [-0.3, -0.25) is 14.4 Å². The van der Waals surface area contributed by atoms with E-state index in [1.807, 2.05) is 36.1 Å². The first-order valence-corrected chi connectivity index (χ1v) is 18.6. The molecule has 2 bridgehead atoms. The minimum Gasteiger partial charge on any atom is -0.492 e. The van der Waals surface area contributed by atoms with E-state index in [2.05, 4.69) is 45.5 Å². The molecule has 0 unspecified atom stereocenters. The summed E-state index contributed by atoms with van der Waals surface area (Å²) in [5.41, 5.74) is 5.68. The van der Waals surface area contributed by atoms with Gasteiger partial charge in [-0.05, 0) is 95.8 Å². The highest BCUT2D eigenvalue weighted by molar-refractivity contribution is 9.10. The molecule has 280 valence electrons. The highest BCUT2D eigenvalue weighted by atomic mass is 79.9. The Balaban J connectivity index is 1.24. The molecule has 3 aromatic rings. The summed E-state index contributed by atoms with van der Waals surface area (Å²) >= 11 is 3.38. The van der Waals surface area contributed by atoms with Gasteiger partial charge in [0.1, 0.15) is 11.6 Å². The first kappa shape index (κ1) is 38.1.